The first-order valence-electron chi connectivity index (χ1n) is 5.76. The summed E-state index contributed by atoms with van der Waals surface area (Å²) in [5.41, 5.74) is 0.309. The van der Waals surface area contributed by atoms with Crippen LogP contribution in [0.25, 0.3) is 0 Å². The van der Waals surface area contributed by atoms with Gasteiger partial charge in [0.05, 0.1) is 12.8 Å². The molecule has 1 aromatic heterocycles. The lowest BCUT2D eigenvalue weighted by atomic mass is 10.2. The van der Waals surface area contributed by atoms with Gasteiger partial charge in [-0.3, -0.25) is 5.10 Å². The molecule has 0 bridgehead atoms. The van der Waals surface area contributed by atoms with Gasteiger partial charge < -0.3 is 10.0 Å². The van der Waals surface area contributed by atoms with Crippen molar-refractivity contribution in [2.24, 2.45) is 0 Å². The summed E-state index contributed by atoms with van der Waals surface area (Å²) in [6.07, 6.45) is 2.15. The summed E-state index contributed by atoms with van der Waals surface area (Å²) >= 11 is 0. The molecule has 2 heterocycles. The molecule has 18 heavy (non-hydrogen) atoms. The van der Waals surface area contributed by atoms with E-state index in [0.717, 1.165) is 6.42 Å². The Morgan fingerprint density at radius 3 is 2.89 bits per heavy atom. The topological polar surface area (TPSA) is 89.5 Å². The molecular weight excluding hydrogens is 256 g/mol. The van der Waals surface area contributed by atoms with Gasteiger partial charge in [-0.05, 0) is 20.5 Å². The second-order valence-corrected chi connectivity index (χ2v) is 6.53. The molecule has 2 N–H and O–H groups in total. The van der Waals surface area contributed by atoms with Crippen LogP contribution in [0.1, 0.15) is 12.0 Å². The highest BCUT2D eigenvalue weighted by atomic mass is 32.2. The maximum atomic E-state index is 12.4. The molecule has 0 aromatic carbocycles. The molecule has 0 spiro atoms. The number of H-pyrrole nitrogens is 1. The smallest absolute Gasteiger partial charge is 0.260 e. The number of nitrogens with one attached hydrogen (secondary N) is 1. The van der Waals surface area contributed by atoms with Crippen LogP contribution in [0.3, 0.4) is 0 Å². The number of likely N-dealkylation sites (N-methyl/N-ethyl adjacent to an activating group) is 1. The normalized spacial score (nSPS) is 21.9. The second kappa shape index (κ2) is 4.96. The first-order valence-corrected chi connectivity index (χ1v) is 7.20. The van der Waals surface area contributed by atoms with Crippen LogP contribution in [0, 0.1) is 0 Å². The Balaban J connectivity index is 2.23. The Morgan fingerprint density at radius 2 is 2.33 bits per heavy atom. The SMILES string of the molecule is CN(C)C1CCN(S(=O)(=O)c2[nH]ncc2CO)C1. The molecule has 8 heteroatoms. The number of hydrogen-bond acceptors (Lipinski definition) is 5. The van der Waals surface area contributed by atoms with Gasteiger partial charge in [0.2, 0.25) is 0 Å². The van der Waals surface area contributed by atoms with Crippen LogP contribution in [-0.2, 0) is 16.6 Å². The zero-order chi connectivity index (χ0) is 13.3. The molecule has 0 amide bonds. The van der Waals surface area contributed by atoms with Crippen molar-refractivity contribution in [2.75, 3.05) is 27.2 Å². The summed E-state index contributed by atoms with van der Waals surface area (Å²) in [7, 11) is 0.305. The van der Waals surface area contributed by atoms with Gasteiger partial charge in [-0.25, -0.2) is 8.42 Å². The molecule has 1 saturated heterocycles. The van der Waals surface area contributed by atoms with Gasteiger partial charge in [-0.1, -0.05) is 0 Å². The van der Waals surface area contributed by atoms with E-state index < -0.39 is 10.0 Å². The zero-order valence-electron chi connectivity index (χ0n) is 10.5. The highest BCUT2D eigenvalue weighted by molar-refractivity contribution is 7.89. The van der Waals surface area contributed by atoms with Crippen molar-refractivity contribution in [3.05, 3.63) is 11.8 Å². The van der Waals surface area contributed by atoms with Gasteiger partial charge >= 0.3 is 0 Å². The Morgan fingerprint density at radius 1 is 1.61 bits per heavy atom. The lowest BCUT2D eigenvalue weighted by Crippen LogP contribution is -2.35. The monoisotopic (exact) mass is 274 g/mol. The fraction of sp³-hybridized carbons (Fsp3) is 0.700. The van der Waals surface area contributed by atoms with Crippen molar-refractivity contribution in [3.8, 4) is 0 Å². The molecule has 1 fully saturated rings. The fourth-order valence-electron chi connectivity index (χ4n) is 2.11. The van der Waals surface area contributed by atoms with Gasteiger partial charge in [0.25, 0.3) is 10.0 Å². The molecule has 2 rings (SSSR count). The fourth-order valence-corrected chi connectivity index (χ4v) is 3.70. The molecule has 7 nitrogen and oxygen atoms in total. The predicted octanol–water partition coefficient (Wildman–Crippen LogP) is -0.773. The average molecular weight is 274 g/mol. The molecule has 1 aromatic rings. The quantitative estimate of drug-likeness (QED) is 0.752. The third-order valence-corrected chi connectivity index (χ3v) is 5.18. The van der Waals surface area contributed by atoms with E-state index in [-0.39, 0.29) is 17.7 Å². The van der Waals surface area contributed by atoms with Gasteiger partial charge in [0, 0.05) is 24.7 Å². The molecule has 1 unspecified atom stereocenters. The molecule has 0 radical (unpaired) electrons. The molecular formula is C10H18N4O3S. The van der Waals surface area contributed by atoms with Crippen molar-refractivity contribution < 1.29 is 13.5 Å². The summed E-state index contributed by atoms with van der Waals surface area (Å²) < 4.78 is 26.2. The summed E-state index contributed by atoms with van der Waals surface area (Å²) in [4.78, 5) is 2.02. The van der Waals surface area contributed by atoms with E-state index in [9.17, 15) is 8.42 Å². The number of aromatic nitrogens is 2. The maximum absolute atomic E-state index is 12.4. The average Bonchev–Trinajstić information content (AvgIpc) is 2.98. The first-order chi connectivity index (χ1) is 8.46. The lowest BCUT2D eigenvalue weighted by molar-refractivity contribution is 0.277. The number of rotatable bonds is 4. The standard InChI is InChI=1S/C10H18N4O3S/c1-13(2)9-3-4-14(6-9)18(16,17)10-8(7-15)5-11-12-10/h5,9,15H,3-4,6-7H2,1-2H3,(H,11,12). The number of aromatic amines is 1. The molecule has 1 aliphatic rings. The number of aliphatic hydroxyl groups excluding tert-OH is 1. The molecule has 0 aliphatic carbocycles. The third-order valence-electron chi connectivity index (χ3n) is 3.30. The van der Waals surface area contributed by atoms with E-state index in [2.05, 4.69) is 10.2 Å². The van der Waals surface area contributed by atoms with Crippen molar-refractivity contribution in [2.45, 2.75) is 24.1 Å². The Hall–Kier alpha value is -0.960. The summed E-state index contributed by atoms with van der Waals surface area (Å²) in [6.45, 7) is 0.629. The second-order valence-electron chi connectivity index (χ2n) is 4.65. The number of nitrogens with zero attached hydrogens (tertiary/aromatic N) is 3. The van der Waals surface area contributed by atoms with Crippen molar-refractivity contribution in [1.82, 2.24) is 19.4 Å². The lowest BCUT2D eigenvalue weighted by Gasteiger charge is -2.20. The summed E-state index contributed by atoms with van der Waals surface area (Å²) in [6, 6.07) is 0.236. The zero-order valence-corrected chi connectivity index (χ0v) is 11.3. The van der Waals surface area contributed by atoms with Crippen LogP contribution >= 0.6 is 0 Å². The Bertz CT molecular complexity index is 511. The molecule has 102 valence electrons. The summed E-state index contributed by atoms with van der Waals surface area (Å²) in [5.74, 6) is 0. The number of aliphatic hydroxyl groups is 1. The van der Waals surface area contributed by atoms with Crippen LogP contribution < -0.4 is 0 Å². The van der Waals surface area contributed by atoms with Crippen LogP contribution in [0.15, 0.2) is 11.2 Å². The third kappa shape index (κ3) is 2.28. The summed E-state index contributed by atoms with van der Waals surface area (Å²) in [5, 5.41) is 15.3. The highest BCUT2D eigenvalue weighted by Gasteiger charge is 2.35. The Labute approximate surface area is 106 Å². The van der Waals surface area contributed by atoms with E-state index in [0.29, 0.717) is 18.7 Å². The Kier molecular flexibility index (Phi) is 3.71. The van der Waals surface area contributed by atoms with Crippen molar-refractivity contribution in [1.29, 1.82) is 0 Å². The van der Waals surface area contributed by atoms with Crippen LogP contribution in [0.4, 0.5) is 0 Å². The predicted molar refractivity (Wildman–Crippen MR) is 65.4 cm³/mol. The van der Waals surface area contributed by atoms with E-state index in [1.807, 2.05) is 19.0 Å². The van der Waals surface area contributed by atoms with Crippen molar-refractivity contribution in [3.63, 3.8) is 0 Å². The van der Waals surface area contributed by atoms with E-state index in [1.54, 1.807) is 0 Å². The van der Waals surface area contributed by atoms with E-state index in [1.165, 1.54) is 10.5 Å². The largest absolute Gasteiger partial charge is 0.392 e. The minimum absolute atomic E-state index is 0.00408. The number of sulfonamides is 1. The molecule has 0 saturated carbocycles. The number of hydrogen-bond donors (Lipinski definition) is 2. The van der Waals surface area contributed by atoms with Crippen molar-refractivity contribution >= 4 is 10.0 Å². The van der Waals surface area contributed by atoms with E-state index in [4.69, 9.17) is 5.11 Å². The van der Waals surface area contributed by atoms with E-state index >= 15 is 0 Å². The highest BCUT2D eigenvalue weighted by Crippen LogP contribution is 2.23. The minimum Gasteiger partial charge on any atom is -0.392 e. The molecule has 1 atom stereocenters. The van der Waals surface area contributed by atoms with Gasteiger partial charge in [0.1, 0.15) is 0 Å². The van der Waals surface area contributed by atoms with Crippen LogP contribution in [-0.4, -0.2) is 66.2 Å². The molecule has 1 aliphatic heterocycles. The minimum atomic E-state index is -3.58. The van der Waals surface area contributed by atoms with Crippen LogP contribution in [0.2, 0.25) is 0 Å². The van der Waals surface area contributed by atoms with Gasteiger partial charge in [-0.2, -0.15) is 9.40 Å². The van der Waals surface area contributed by atoms with Gasteiger partial charge in [0.15, 0.2) is 5.03 Å². The maximum Gasteiger partial charge on any atom is 0.260 e. The van der Waals surface area contributed by atoms with Crippen LogP contribution in [0.5, 0.6) is 0 Å². The van der Waals surface area contributed by atoms with Gasteiger partial charge in [-0.15, -0.1) is 0 Å². The first kappa shape index (κ1) is 13.5.